The van der Waals surface area contributed by atoms with Crippen LogP contribution in [-0.2, 0) is 16.1 Å². The molecule has 1 rings (SSSR count). The first kappa shape index (κ1) is 18.1. The minimum Gasteiger partial charge on any atom is -0.491 e. The number of rotatable bonds is 7. The number of anilines is 1. The molecule has 0 aliphatic heterocycles. The van der Waals surface area contributed by atoms with E-state index in [1.165, 1.54) is 0 Å². The van der Waals surface area contributed by atoms with Crippen LogP contribution in [0.3, 0.4) is 0 Å². The second-order valence-electron chi connectivity index (χ2n) is 4.50. The van der Waals surface area contributed by atoms with E-state index in [2.05, 4.69) is 21.2 Å². The number of amides is 1. The van der Waals surface area contributed by atoms with Gasteiger partial charge in [-0.05, 0) is 26.0 Å². The van der Waals surface area contributed by atoms with Gasteiger partial charge in [-0.15, -0.1) is 0 Å². The van der Waals surface area contributed by atoms with Crippen LogP contribution in [0.5, 0.6) is 5.75 Å². The number of hydrogen-bond donors (Lipinski definition) is 1. The SMILES string of the molecule is COCc1cc(NC(=O)OC(C)C)cc(Cl)c1OCCBr. The zero-order valence-corrected chi connectivity index (χ0v) is 14.6. The quantitative estimate of drug-likeness (QED) is 0.720. The number of nitrogens with one attached hydrogen (secondary N) is 1. The number of hydrogen-bond acceptors (Lipinski definition) is 4. The fourth-order valence-electron chi connectivity index (χ4n) is 1.65. The minimum atomic E-state index is -0.529. The van der Waals surface area contributed by atoms with E-state index in [9.17, 15) is 4.79 Å². The molecule has 1 amide bonds. The van der Waals surface area contributed by atoms with Crippen molar-refractivity contribution >= 4 is 39.3 Å². The van der Waals surface area contributed by atoms with E-state index in [4.69, 9.17) is 25.8 Å². The number of alkyl halides is 1. The smallest absolute Gasteiger partial charge is 0.411 e. The van der Waals surface area contributed by atoms with Gasteiger partial charge in [0, 0.05) is 23.7 Å². The molecule has 118 valence electrons. The highest BCUT2D eigenvalue weighted by Crippen LogP contribution is 2.33. The molecular weight excluding hydrogens is 362 g/mol. The molecule has 0 unspecified atom stereocenters. The van der Waals surface area contributed by atoms with E-state index in [0.717, 1.165) is 5.56 Å². The molecule has 0 radical (unpaired) electrons. The van der Waals surface area contributed by atoms with E-state index in [0.29, 0.717) is 35.0 Å². The molecule has 1 N–H and O–H groups in total. The van der Waals surface area contributed by atoms with Crippen molar-refractivity contribution in [2.45, 2.75) is 26.6 Å². The highest BCUT2D eigenvalue weighted by Gasteiger charge is 2.13. The zero-order valence-electron chi connectivity index (χ0n) is 12.2. The lowest BCUT2D eigenvalue weighted by Crippen LogP contribution is -2.18. The molecule has 0 heterocycles. The lowest BCUT2D eigenvalue weighted by Gasteiger charge is -2.15. The van der Waals surface area contributed by atoms with Crippen LogP contribution < -0.4 is 10.1 Å². The summed E-state index contributed by atoms with van der Waals surface area (Å²) >= 11 is 9.50. The summed E-state index contributed by atoms with van der Waals surface area (Å²) in [4.78, 5) is 11.6. The molecule has 0 spiro atoms. The second-order valence-corrected chi connectivity index (χ2v) is 5.70. The van der Waals surface area contributed by atoms with Gasteiger partial charge in [0.25, 0.3) is 0 Å². The lowest BCUT2D eigenvalue weighted by atomic mass is 10.2. The number of benzene rings is 1. The summed E-state index contributed by atoms with van der Waals surface area (Å²) in [5.74, 6) is 0.556. The van der Waals surface area contributed by atoms with Crippen LogP contribution in [0.2, 0.25) is 5.02 Å². The Morgan fingerprint density at radius 2 is 2.14 bits per heavy atom. The second kappa shape index (κ2) is 9.12. The molecule has 7 heteroatoms. The van der Waals surface area contributed by atoms with Gasteiger partial charge >= 0.3 is 6.09 Å². The third-order valence-corrected chi connectivity index (χ3v) is 2.94. The number of ether oxygens (including phenoxy) is 3. The van der Waals surface area contributed by atoms with Crippen LogP contribution in [0.4, 0.5) is 10.5 Å². The van der Waals surface area contributed by atoms with Crippen LogP contribution in [0.1, 0.15) is 19.4 Å². The Hall–Kier alpha value is -0.980. The lowest BCUT2D eigenvalue weighted by molar-refractivity contribution is 0.130. The maximum atomic E-state index is 11.6. The van der Waals surface area contributed by atoms with Crippen molar-refractivity contribution in [1.29, 1.82) is 0 Å². The van der Waals surface area contributed by atoms with Crippen molar-refractivity contribution in [3.8, 4) is 5.75 Å². The predicted molar refractivity (Wildman–Crippen MR) is 86.7 cm³/mol. The first-order valence-corrected chi connectivity index (χ1v) is 7.95. The van der Waals surface area contributed by atoms with Crippen LogP contribution in [0.25, 0.3) is 0 Å². The van der Waals surface area contributed by atoms with E-state index < -0.39 is 6.09 Å². The monoisotopic (exact) mass is 379 g/mol. The summed E-state index contributed by atoms with van der Waals surface area (Å²) in [5, 5.41) is 3.73. The Bertz CT molecular complexity index is 482. The molecular formula is C14H19BrClNO4. The topological polar surface area (TPSA) is 56.8 Å². The van der Waals surface area contributed by atoms with Crippen LogP contribution in [0, 0.1) is 0 Å². The van der Waals surface area contributed by atoms with Gasteiger partial charge in [0.2, 0.25) is 0 Å². The molecule has 5 nitrogen and oxygen atoms in total. The molecule has 0 atom stereocenters. The zero-order chi connectivity index (χ0) is 15.8. The van der Waals surface area contributed by atoms with Gasteiger partial charge in [-0.1, -0.05) is 27.5 Å². The molecule has 0 aliphatic rings. The molecule has 0 saturated carbocycles. The van der Waals surface area contributed by atoms with Crippen molar-refractivity contribution < 1.29 is 19.0 Å². The number of carbonyl (C=O) groups is 1. The predicted octanol–water partition coefficient (Wildman–Crippen LogP) is 4.22. The van der Waals surface area contributed by atoms with Crippen LogP contribution >= 0.6 is 27.5 Å². The molecule has 0 bridgehead atoms. The normalized spacial score (nSPS) is 10.6. The number of carbonyl (C=O) groups excluding carboxylic acids is 1. The molecule has 21 heavy (non-hydrogen) atoms. The maximum absolute atomic E-state index is 11.6. The summed E-state index contributed by atoms with van der Waals surface area (Å²) in [6.45, 7) is 4.37. The molecule has 0 fully saturated rings. The summed E-state index contributed by atoms with van der Waals surface area (Å²) in [6.07, 6.45) is -0.723. The van der Waals surface area contributed by atoms with Crippen molar-refractivity contribution in [1.82, 2.24) is 0 Å². The molecule has 0 aromatic heterocycles. The van der Waals surface area contributed by atoms with Gasteiger partial charge in [0.15, 0.2) is 0 Å². The maximum Gasteiger partial charge on any atom is 0.411 e. The average Bonchev–Trinajstić information content (AvgIpc) is 2.37. The first-order valence-electron chi connectivity index (χ1n) is 6.45. The summed E-state index contributed by atoms with van der Waals surface area (Å²) in [6, 6.07) is 3.37. The Kier molecular flexibility index (Phi) is 7.85. The van der Waals surface area contributed by atoms with Crippen LogP contribution in [0.15, 0.2) is 12.1 Å². The summed E-state index contributed by atoms with van der Waals surface area (Å²) in [5.41, 5.74) is 1.29. The number of halogens is 2. The largest absolute Gasteiger partial charge is 0.491 e. The Morgan fingerprint density at radius 3 is 2.71 bits per heavy atom. The van der Waals surface area contributed by atoms with Gasteiger partial charge in [-0.3, -0.25) is 5.32 Å². The van der Waals surface area contributed by atoms with Gasteiger partial charge in [0.1, 0.15) is 5.75 Å². The van der Waals surface area contributed by atoms with Gasteiger partial charge < -0.3 is 14.2 Å². The Morgan fingerprint density at radius 1 is 1.43 bits per heavy atom. The highest BCUT2D eigenvalue weighted by molar-refractivity contribution is 9.09. The van der Waals surface area contributed by atoms with Gasteiger partial charge in [-0.25, -0.2) is 4.79 Å². The van der Waals surface area contributed by atoms with Crippen LogP contribution in [-0.4, -0.2) is 31.2 Å². The third-order valence-electron chi connectivity index (χ3n) is 2.33. The van der Waals surface area contributed by atoms with E-state index >= 15 is 0 Å². The molecule has 1 aromatic rings. The van der Waals surface area contributed by atoms with E-state index in [-0.39, 0.29) is 6.10 Å². The van der Waals surface area contributed by atoms with Gasteiger partial charge in [-0.2, -0.15) is 0 Å². The molecule has 1 aromatic carbocycles. The average molecular weight is 381 g/mol. The van der Waals surface area contributed by atoms with Crippen molar-refractivity contribution in [3.63, 3.8) is 0 Å². The Balaban J connectivity index is 2.94. The molecule has 0 aliphatic carbocycles. The minimum absolute atomic E-state index is 0.194. The van der Waals surface area contributed by atoms with E-state index in [1.807, 2.05) is 0 Å². The van der Waals surface area contributed by atoms with E-state index in [1.54, 1.807) is 33.1 Å². The highest BCUT2D eigenvalue weighted by atomic mass is 79.9. The van der Waals surface area contributed by atoms with Gasteiger partial charge in [0.05, 0.1) is 24.3 Å². The van der Waals surface area contributed by atoms with Crippen molar-refractivity contribution in [2.24, 2.45) is 0 Å². The fourth-order valence-corrected chi connectivity index (χ4v) is 2.10. The first-order chi connectivity index (χ1) is 9.97. The number of methoxy groups -OCH3 is 1. The summed E-state index contributed by atoms with van der Waals surface area (Å²) < 4.78 is 15.8. The van der Waals surface area contributed by atoms with Crippen molar-refractivity contribution in [2.75, 3.05) is 24.4 Å². The summed E-state index contributed by atoms with van der Waals surface area (Å²) in [7, 11) is 1.58. The molecule has 0 saturated heterocycles. The standard InChI is InChI=1S/C14H19BrClNO4/c1-9(2)21-14(18)17-11-6-10(8-19-3)13(12(16)7-11)20-5-4-15/h6-7,9H,4-5,8H2,1-3H3,(H,17,18). The third kappa shape index (κ3) is 6.11. The van der Waals surface area contributed by atoms with Crippen molar-refractivity contribution in [3.05, 3.63) is 22.7 Å². The Labute approximate surface area is 138 Å². The fraction of sp³-hybridized carbons (Fsp3) is 0.500.